The van der Waals surface area contributed by atoms with Crippen molar-refractivity contribution in [2.75, 3.05) is 19.3 Å². The van der Waals surface area contributed by atoms with E-state index in [0.29, 0.717) is 24.1 Å². The third kappa shape index (κ3) is 6.48. The molecule has 4 rings (SSSR count). The van der Waals surface area contributed by atoms with Crippen LogP contribution in [0.1, 0.15) is 53.9 Å². The summed E-state index contributed by atoms with van der Waals surface area (Å²) in [5, 5.41) is 0.753. The second kappa shape index (κ2) is 10.9. The maximum atomic E-state index is 12.4. The third-order valence-corrected chi connectivity index (χ3v) is 9.08. The molecule has 0 saturated heterocycles. The molecule has 0 heterocycles. The van der Waals surface area contributed by atoms with Crippen molar-refractivity contribution in [1.29, 1.82) is 0 Å². The zero-order chi connectivity index (χ0) is 22.0. The van der Waals surface area contributed by atoms with Crippen LogP contribution >= 0.6 is 24.0 Å². The van der Waals surface area contributed by atoms with Crippen LogP contribution in [0.2, 0.25) is 5.02 Å². The Morgan fingerprint density at radius 1 is 1.06 bits per heavy atom. The van der Waals surface area contributed by atoms with E-state index < -0.39 is 10.0 Å². The van der Waals surface area contributed by atoms with Gasteiger partial charge in [0.05, 0.1) is 5.75 Å². The highest BCUT2D eigenvalue weighted by Gasteiger charge is 2.30. The van der Waals surface area contributed by atoms with E-state index in [0.717, 1.165) is 50.0 Å². The fourth-order valence-electron chi connectivity index (χ4n) is 4.62. The number of benzene rings is 2. The summed E-state index contributed by atoms with van der Waals surface area (Å²) >= 11 is 6.05. The third-order valence-electron chi connectivity index (χ3n) is 6.80. The molecule has 2 unspecified atom stereocenters. The lowest BCUT2D eigenvalue weighted by Crippen LogP contribution is -2.34. The van der Waals surface area contributed by atoms with E-state index in [1.54, 1.807) is 11.4 Å². The number of fused-ring (bicyclic) bond motifs is 1. The molecule has 4 nitrogen and oxygen atoms in total. The zero-order valence-corrected chi connectivity index (χ0v) is 21.1. The summed E-state index contributed by atoms with van der Waals surface area (Å²) < 4.78 is 26.3. The first-order valence-corrected chi connectivity index (χ1v) is 13.4. The van der Waals surface area contributed by atoms with Gasteiger partial charge in [-0.1, -0.05) is 41.9 Å². The molecule has 1 fully saturated rings. The molecule has 0 radical (unpaired) electrons. The van der Waals surface area contributed by atoms with Gasteiger partial charge in [0.2, 0.25) is 10.0 Å². The predicted molar refractivity (Wildman–Crippen MR) is 135 cm³/mol. The number of sulfonamides is 1. The Hall–Kier alpha value is -1.11. The van der Waals surface area contributed by atoms with Gasteiger partial charge in [-0.15, -0.1) is 12.4 Å². The van der Waals surface area contributed by atoms with Crippen molar-refractivity contribution in [3.63, 3.8) is 0 Å². The van der Waals surface area contributed by atoms with Gasteiger partial charge < -0.3 is 5.73 Å². The maximum absolute atomic E-state index is 12.4. The molecule has 2 aliphatic rings. The average molecular weight is 498 g/mol. The molecule has 7 heteroatoms. The van der Waals surface area contributed by atoms with Gasteiger partial charge in [0.25, 0.3) is 0 Å². The van der Waals surface area contributed by atoms with Crippen LogP contribution in [0.5, 0.6) is 0 Å². The fraction of sp³-hybridized carbons (Fsp3) is 0.520. The molecule has 0 spiro atoms. The molecule has 32 heavy (non-hydrogen) atoms. The van der Waals surface area contributed by atoms with Crippen molar-refractivity contribution < 1.29 is 8.42 Å². The first-order valence-electron chi connectivity index (χ1n) is 11.4. The van der Waals surface area contributed by atoms with Gasteiger partial charge >= 0.3 is 0 Å². The Balaban J connectivity index is 0.00000289. The summed E-state index contributed by atoms with van der Waals surface area (Å²) in [5.41, 5.74) is 11.8. The van der Waals surface area contributed by atoms with E-state index in [-0.39, 0.29) is 18.4 Å². The van der Waals surface area contributed by atoms with Crippen LogP contribution in [0.25, 0.3) is 0 Å². The van der Waals surface area contributed by atoms with Crippen molar-refractivity contribution in [2.45, 2.75) is 56.9 Å². The molecule has 0 amide bonds. The van der Waals surface area contributed by atoms with Crippen LogP contribution < -0.4 is 5.73 Å². The summed E-state index contributed by atoms with van der Waals surface area (Å²) in [6, 6.07) is 15.0. The van der Waals surface area contributed by atoms with Crippen LogP contribution in [0.4, 0.5) is 0 Å². The average Bonchev–Trinajstić information content (AvgIpc) is 3.55. The highest BCUT2D eigenvalue weighted by atomic mass is 35.5. The van der Waals surface area contributed by atoms with E-state index in [4.69, 9.17) is 17.3 Å². The first-order chi connectivity index (χ1) is 14.8. The summed E-state index contributed by atoms with van der Waals surface area (Å²) in [5.74, 6) is 0.994. The molecule has 1 saturated carbocycles. The maximum Gasteiger partial charge on any atom is 0.214 e. The van der Waals surface area contributed by atoms with E-state index in [9.17, 15) is 8.42 Å². The summed E-state index contributed by atoms with van der Waals surface area (Å²) in [6.07, 6.45) is 6.76. The topological polar surface area (TPSA) is 63.4 Å². The van der Waals surface area contributed by atoms with Crippen LogP contribution in [-0.2, 0) is 29.3 Å². The predicted octanol–water partition coefficient (Wildman–Crippen LogP) is 4.97. The Labute approximate surface area is 204 Å². The van der Waals surface area contributed by atoms with Crippen LogP contribution in [0, 0.1) is 5.92 Å². The highest BCUT2D eigenvalue weighted by Crippen LogP contribution is 2.35. The molecule has 2 N–H and O–H groups in total. The normalized spacial score (nSPS) is 20.6. The molecule has 0 aliphatic heterocycles. The molecule has 2 aromatic carbocycles. The Kier molecular flexibility index (Phi) is 8.67. The van der Waals surface area contributed by atoms with Gasteiger partial charge in [-0.2, -0.15) is 0 Å². The van der Waals surface area contributed by atoms with Gasteiger partial charge in [0.15, 0.2) is 0 Å². The molecule has 2 aliphatic carbocycles. The zero-order valence-electron chi connectivity index (χ0n) is 18.7. The number of aryl methyl sites for hydroxylation is 2. The Morgan fingerprint density at radius 3 is 2.44 bits per heavy atom. The molecule has 0 bridgehead atoms. The lowest BCUT2D eigenvalue weighted by molar-refractivity contribution is 0.457. The standard InChI is InChI=1S/C25H33ClN2O2S.ClH/c1-28(31(29,30)17-20-4-5-20)14-2-3-18-6-9-21-10-13-25(27)24(23(21)15-18)16-19-7-11-22(26)12-8-19;/h6-9,11-12,15,20,24-25H,2-5,10,13-14,16-17,27H2,1H3;1H. The highest BCUT2D eigenvalue weighted by molar-refractivity contribution is 7.89. The minimum Gasteiger partial charge on any atom is -0.327 e. The lowest BCUT2D eigenvalue weighted by atomic mass is 9.76. The van der Waals surface area contributed by atoms with Crippen molar-refractivity contribution >= 4 is 34.0 Å². The van der Waals surface area contributed by atoms with Crippen LogP contribution in [0.15, 0.2) is 42.5 Å². The minimum absolute atomic E-state index is 0. The molecular formula is C25H34Cl2N2O2S. The number of nitrogens with two attached hydrogens (primary N) is 1. The number of rotatable bonds is 9. The first kappa shape index (κ1) is 25.5. The van der Waals surface area contributed by atoms with Gasteiger partial charge in [-0.05, 0) is 85.3 Å². The van der Waals surface area contributed by atoms with Gasteiger partial charge in [0, 0.05) is 30.6 Å². The van der Waals surface area contributed by atoms with E-state index >= 15 is 0 Å². The van der Waals surface area contributed by atoms with Crippen molar-refractivity contribution in [3.8, 4) is 0 Å². The second-order valence-electron chi connectivity index (χ2n) is 9.32. The number of halogens is 2. The van der Waals surface area contributed by atoms with Crippen molar-refractivity contribution in [3.05, 3.63) is 69.7 Å². The smallest absolute Gasteiger partial charge is 0.214 e. The van der Waals surface area contributed by atoms with Gasteiger partial charge in [-0.25, -0.2) is 12.7 Å². The van der Waals surface area contributed by atoms with Gasteiger partial charge in [-0.3, -0.25) is 0 Å². The van der Waals surface area contributed by atoms with E-state index in [2.05, 4.69) is 30.3 Å². The van der Waals surface area contributed by atoms with E-state index in [1.807, 2.05) is 12.1 Å². The number of hydrogen-bond acceptors (Lipinski definition) is 3. The SMILES string of the molecule is CN(CCCc1ccc2c(c1)C(Cc1ccc(Cl)cc1)C(N)CC2)S(=O)(=O)CC1CC1.Cl. The quantitative estimate of drug-likeness (QED) is 0.532. The van der Waals surface area contributed by atoms with Crippen LogP contribution in [0.3, 0.4) is 0 Å². The molecule has 176 valence electrons. The Bertz CT molecular complexity index is 1010. The monoisotopic (exact) mass is 496 g/mol. The fourth-order valence-corrected chi connectivity index (χ4v) is 6.33. The van der Waals surface area contributed by atoms with Gasteiger partial charge in [0.1, 0.15) is 0 Å². The summed E-state index contributed by atoms with van der Waals surface area (Å²) in [4.78, 5) is 0. The second-order valence-corrected chi connectivity index (χ2v) is 11.9. The molecule has 2 aromatic rings. The minimum atomic E-state index is -3.11. The number of hydrogen-bond donors (Lipinski definition) is 1. The molecule has 2 atom stereocenters. The molecular weight excluding hydrogens is 463 g/mol. The summed E-state index contributed by atoms with van der Waals surface area (Å²) in [7, 11) is -1.40. The Morgan fingerprint density at radius 2 is 1.75 bits per heavy atom. The largest absolute Gasteiger partial charge is 0.327 e. The number of nitrogens with zero attached hydrogens (tertiary/aromatic N) is 1. The van der Waals surface area contributed by atoms with E-state index in [1.165, 1.54) is 22.3 Å². The molecule has 0 aromatic heterocycles. The lowest BCUT2D eigenvalue weighted by Gasteiger charge is -2.32. The summed E-state index contributed by atoms with van der Waals surface area (Å²) in [6.45, 7) is 0.569. The van der Waals surface area contributed by atoms with Crippen molar-refractivity contribution in [1.82, 2.24) is 4.31 Å². The van der Waals surface area contributed by atoms with Crippen LogP contribution in [-0.4, -0.2) is 38.1 Å². The van der Waals surface area contributed by atoms with Crippen molar-refractivity contribution in [2.24, 2.45) is 11.7 Å².